The number of anilines is 1. The van der Waals surface area contributed by atoms with E-state index in [1.165, 1.54) is 0 Å². The summed E-state index contributed by atoms with van der Waals surface area (Å²) >= 11 is 0. The Morgan fingerprint density at radius 3 is 2.58 bits per heavy atom. The van der Waals surface area contributed by atoms with Gasteiger partial charge in [-0.25, -0.2) is 9.97 Å². The molecule has 0 bridgehead atoms. The van der Waals surface area contributed by atoms with Crippen LogP contribution < -0.4 is 5.32 Å². The van der Waals surface area contributed by atoms with E-state index in [1.807, 2.05) is 38.4 Å². The van der Waals surface area contributed by atoms with Gasteiger partial charge in [0, 0.05) is 25.0 Å². The van der Waals surface area contributed by atoms with Crippen LogP contribution in [0.2, 0.25) is 0 Å². The highest BCUT2D eigenvalue weighted by Crippen LogP contribution is 2.17. The second-order valence-electron chi connectivity index (χ2n) is 5.14. The fourth-order valence-corrected chi connectivity index (χ4v) is 1.86. The summed E-state index contributed by atoms with van der Waals surface area (Å²) < 4.78 is 0. The van der Waals surface area contributed by atoms with Gasteiger partial charge in [0.1, 0.15) is 11.5 Å². The minimum absolute atomic E-state index is 0.568. The molecule has 0 spiro atoms. The van der Waals surface area contributed by atoms with Crippen molar-refractivity contribution in [2.45, 2.75) is 27.2 Å². The Kier molecular flexibility index (Phi) is 4.10. The molecular weight excluding hydrogens is 236 g/mol. The van der Waals surface area contributed by atoms with Crippen LogP contribution in [0.1, 0.15) is 25.1 Å². The topological polar surface area (TPSA) is 50.7 Å². The summed E-state index contributed by atoms with van der Waals surface area (Å²) in [4.78, 5) is 13.5. The van der Waals surface area contributed by atoms with E-state index >= 15 is 0 Å². The van der Waals surface area contributed by atoms with Gasteiger partial charge in [-0.1, -0.05) is 19.9 Å². The van der Waals surface area contributed by atoms with Crippen molar-refractivity contribution in [3.63, 3.8) is 0 Å². The van der Waals surface area contributed by atoms with E-state index in [2.05, 4.69) is 34.1 Å². The van der Waals surface area contributed by atoms with Crippen molar-refractivity contribution < 1.29 is 0 Å². The van der Waals surface area contributed by atoms with E-state index in [0.29, 0.717) is 11.7 Å². The third-order valence-electron chi connectivity index (χ3n) is 2.79. The van der Waals surface area contributed by atoms with Crippen LogP contribution >= 0.6 is 0 Å². The van der Waals surface area contributed by atoms with Crippen molar-refractivity contribution in [3.05, 3.63) is 35.7 Å². The van der Waals surface area contributed by atoms with Crippen LogP contribution in [-0.2, 0) is 6.42 Å². The highest BCUT2D eigenvalue weighted by atomic mass is 15.0. The molecule has 0 aliphatic carbocycles. The molecule has 0 fully saturated rings. The van der Waals surface area contributed by atoms with Crippen LogP contribution in [-0.4, -0.2) is 22.0 Å². The lowest BCUT2D eigenvalue weighted by molar-refractivity contribution is 0.635. The molecule has 4 nitrogen and oxygen atoms in total. The van der Waals surface area contributed by atoms with E-state index in [0.717, 1.165) is 29.2 Å². The number of rotatable bonds is 4. The molecule has 0 amide bonds. The summed E-state index contributed by atoms with van der Waals surface area (Å²) in [5.41, 5.74) is 3.00. The Bertz CT molecular complexity index is 547. The standard InChI is InChI=1S/C15H20N4/c1-10(2)7-12-8-14(16-4)19-15(18-12)13-6-5-11(3)9-17-13/h5-6,8-10H,7H2,1-4H3,(H,16,18,19). The summed E-state index contributed by atoms with van der Waals surface area (Å²) in [6.45, 7) is 6.39. The smallest absolute Gasteiger partial charge is 0.180 e. The summed E-state index contributed by atoms with van der Waals surface area (Å²) in [5, 5.41) is 3.08. The molecule has 2 aromatic rings. The molecule has 0 aliphatic rings. The molecule has 4 heteroatoms. The highest BCUT2D eigenvalue weighted by molar-refractivity contribution is 5.53. The maximum absolute atomic E-state index is 4.61. The number of hydrogen-bond donors (Lipinski definition) is 1. The van der Waals surface area contributed by atoms with Gasteiger partial charge in [-0.05, 0) is 30.9 Å². The minimum Gasteiger partial charge on any atom is -0.373 e. The number of hydrogen-bond acceptors (Lipinski definition) is 4. The number of nitrogens with zero attached hydrogens (tertiary/aromatic N) is 3. The van der Waals surface area contributed by atoms with Crippen molar-refractivity contribution >= 4 is 5.82 Å². The number of aromatic nitrogens is 3. The van der Waals surface area contributed by atoms with Crippen molar-refractivity contribution in [2.24, 2.45) is 5.92 Å². The molecule has 0 radical (unpaired) electrons. The van der Waals surface area contributed by atoms with Gasteiger partial charge in [0.05, 0.1) is 0 Å². The van der Waals surface area contributed by atoms with Crippen molar-refractivity contribution in [2.75, 3.05) is 12.4 Å². The molecule has 0 saturated carbocycles. The number of pyridine rings is 1. The van der Waals surface area contributed by atoms with Crippen molar-refractivity contribution in [1.82, 2.24) is 15.0 Å². The van der Waals surface area contributed by atoms with E-state index in [9.17, 15) is 0 Å². The Morgan fingerprint density at radius 1 is 1.21 bits per heavy atom. The van der Waals surface area contributed by atoms with Gasteiger partial charge in [0.25, 0.3) is 0 Å². The first-order chi connectivity index (χ1) is 9.08. The molecular formula is C15H20N4. The summed E-state index contributed by atoms with van der Waals surface area (Å²) in [5.74, 6) is 2.09. The Balaban J connectivity index is 2.41. The van der Waals surface area contributed by atoms with Gasteiger partial charge in [-0.2, -0.15) is 0 Å². The van der Waals surface area contributed by atoms with Gasteiger partial charge in [-0.3, -0.25) is 4.98 Å². The Labute approximate surface area is 114 Å². The molecule has 0 saturated heterocycles. The van der Waals surface area contributed by atoms with E-state index in [4.69, 9.17) is 0 Å². The normalized spacial score (nSPS) is 10.8. The zero-order chi connectivity index (χ0) is 13.8. The molecule has 2 heterocycles. The summed E-state index contributed by atoms with van der Waals surface area (Å²) in [6.07, 6.45) is 2.78. The Morgan fingerprint density at radius 2 is 2.00 bits per heavy atom. The van der Waals surface area contributed by atoms with Crippen molar-refractivity contribution in [1.29, 1.82) is 0 Å². The van der Waals surface area contributed by atoms with Crippen LogP contribution in [0.5, 0.6) is 0 Å². The zero-order valence-corrected chi connectivity index (χ0v) is 11.9. The maximum atomic E-state index is 4.61. The third-order valence-corrected chi connectivity index (χ3v) is 2.79. The average Bonchev–Trinajstić information content (AvgIpc) is 2.38. The zero-order valence-electron chi connectivity index (χ0n) is 11.9. The van der Waals surface area contributed by atoms with Gasteiger partial charge in [-0.15, -0.1) is 0 Å². The first kappa shape index (κ1) is 13.5. The van der Waals surface area contributed by atoms with Crippen LogP contribution in [0, 0.1) is 12.8 Å². The quantitative estimate of drug-likeness (QED) is 0.913. The van der Waals surface area contributed by atoms with E-state index in [-0.39, 0.29) is 0 Å². The summed E-state index contributed by atoms with van der Waals surface area (Å²) in [6, 6.07) is 5.99. The molecule has 1 N–H and O–H groups in total. The average molecular weight is 256 g/mol. The van der Waals surface area contributed by atoms with E-state index in [1.54, 1.807) is 0 Å². The van der Waals surface area contributed by atoms with Crippen LogP contribution in [0.15, 0.2) is 24.4 Å². The van der Waals surface area contributed by atoms with Gasteiger partial charge >= 0.3 is 0 Å². The molecule has 100 valence electrons. The lowest BCUT2D eigenvalue weighted by Gasteiger charge is -2.09. The Hall–Kier alpha value is -1.97. The predicted octanol–water partition coefficient (Wildman–Crippen LogP) is 3.09. The molecule has 2 rings (SSSR count). The van der Waals surface area contributed by atoms with Crippen LogP contribution in [0.3, 0.4) is 0 Å². The molecule has 19 heavy (non-hydrogen) atoms. The van der Waals surface area contributed by atoms with Gasteiger partial charge in [0.15, 0.2) is 5.82 Å². The highest BCUT2D eigenvalue weighted by Gasteiger charge is 2.08. The first-order valence-electron chi connectivity index (χ1n) is 6.57. The number of nitrogens with one attached hydrogen (secondary N) is 1. The minimum atomic E-state index is 0.568. The molecule has 2 aromatic heterocycles. The molecule has 0 aromatic carbocycles. The summed E-state index contributed by atoms with van der Waals surface area (Å²) in [7, 11) is 1.87. The fraction of sp³-hybridized carbons (Fsp3) is 0.400. The van der Waals surface area contributed by atoms with E-state index < -0.39 is 0 Å². The van der Waals surface area contributed by atoms with Gasteiger partial charge < -0.3 is 5.32 Å². The van der Waals surface area contributed by atoms with Crippen LogP contribution in [0.25, 0.3) is 11.5 Å². The molecule has 0 aliphatic heterocycles. The van der Waals surface area contributed by atoms with Crippen molar-refractivity contribution in [3.8, 4) is 11.5 Å². The fourth-order valence-electron chi connectivity index (χ4n) is 1.86. The second kappa shape index (κ2) is 5.78. The lowest BCUT2D eigenvalue weighted by atomic mass is 10.1. The number of aryl methyl sites for hydroxylation is 1. The predicted molar refractivity (Wildman–Crippen MR) is 78.1 cm³/mol. The second-order valence-corrected chi connectivity index (χ2v) is 5.14. The SMILES string of the molecule is CNc1cc(CC(C)C)nc(-c2ccc(C)cn2)n1. The largest absolute Gasteiger partial charge is 0.373 e. The molecule has 0 atom stereocenters. The molecule has 0 unspecified atom stereocenters. The third kappa shape index (κ3) is 3.50. The monoisotopic (exact) mass is 256 g/mol. The van der Waals surface area contributed by atoms with Gasteiger partial charge in [0.2, 0.25) is 0 Å². The maximum Gasteiger partial charge on any atom is 0.180 e. The first-order valence-corrected chi connectivity index (χ1v) is 6.57. The van der Waals surface area contributed by atoms with Crippen LogP contribution in [0.4, 0.5) is 5.82 Å². The lowest BCUT2D eigenvalue weighted by Crippen LogP contribution is -2.04.